The predicted octanol–water partition coefficient (Wildman–Crippen LogP) is -0.652. The molecule has 1 aliphatic rings. The van der Waals surface area contributed by atoms with E-state index >= 15 is 0 Å². The smallest absolute Gasteiger partial charge is 0.233 e. The van der Waals surface area contributed by atoms with Crippen LogP contribution in [0, 0.1) is 0 Å². The van der Waals surface area contributed by atoms with E-state index in [9.17, 15) is 4.79 Å². The molecule has 0 aromatic heterocycles. The van der Waals surface area contributed by atoms with Crippen molar-refractivity contribution >= 4 is 5.91 Å². The Hall–Kier alpha value is -0.650. The van der Waals surface area contributed by atoms with E-state index in [0.717, 1.165) is 39.1 Å². The molecule has 100 valence electrons. The van der Waals surface area contributed by atoms with Crippen LogP contribution in [0.1, 0.15) is 13.3 Å². The van der Waals surface area contributed by atoms with Crippen molar-refractivity contribution < 1.29 is 4.79 Å². The molecule has 1 aliphatic heterocycles. The van der Waals surface area contributed by atoms with Crippen LogP contribution in [0.3, 0.4) is 0 Å². The zero-order valence-electron chi connectivity index (χ0n) is 11.3. The summed E-state index contributed by atoms with van der Waals surface area (Å²) in [5.74, 6) is 0.0960. The molecule has 1 saturated heterocycles. The van der Waals surface area contributed by atoms with Gasteiger partial charge in [0.2, 0.25) is 5.91 Å². The van der Waals surface area contributed by atoms with Crippen molar-refractivity contribution in [2.45, 2.75) is 19.4 Å². The molecule has 0 bridgehead atoms. The summed E-state index contributed by atoms with van der Waals surface area (Å²) in [5, 5.41) is 6.10. The monoisotopic (exact) mass is 242 g/mol. The number of piperazine rings is 1. The summed E-state index contributed by atoms with van der Waals surface area (Å²) in [7, 11) is 4.30. The summed E-state index contributed by atoms with van der Waals surface area (Å²) in [6.07, 6.45) is 0.988. The first kappa shape index (κ1) is 14.4. The average Bonchev–Trinajstić information content (AvgIpc) is 2.31. The maximum atomic E-state index is 11.4. The van der Waals surface area contributed by atoms with Gasteiger partial charge in [-0.3, -0.25) is 9.69 Å². The van der Waals surface area contributed by atoms with Crippen molar-refractivity contribution in [2.24, 2.45) is 0 Å². The third kappa shape index (κ3) is 5.48. The van der Waals surface area contributed by atoms with E-state index in [0.29, 0.717) is 12.6 Å². The topological polar surface area (TPSA) is 47.6 Å². The Morgan fingerprint density at radius 2 is 2.12 bits per heavy atom. The third-order valence-corrected chi connectivity index (χ3v) is 3.22. The van der Waals surface area contributed by atoms with Crippen LogP contribution in [0.2, 0.25) is 0 Å². The molecule has 0 aromatic rings. The molecule has 1 fully saturated rings. The molecule has 0 saturated carbocycles. The lowest BCUT2D eigenvalue weighted by Gasteiger charge is -2.37. The molecule has 2 N–H and O–H groups in total. The molecule has 1 rings (SSSR count). The molecule has 0 radical (unpaired) electrons. The van der Waals surface area contributed by atoms with Gasteiger partial charge in [0, 0.05) is 38.8 Å². The zero-order chi connectivity index (χ0) is 12.7. The van der Waals surface area contributed by atoms with Crippen molar-refractivity contribution in [1.29, 1.82) is 0 Å². The highest BCUT2D eigenvalue weighted by Crippen LogP contribution is 2.04. The van der Waals surface area contributed by atoms with E-state index in [-0.39, 0.29) is 5.91 Å². The van der Waals surface area contributed by atoms with Crippen LogP contribution in [0.5, 0.6) is 0 Å². The van der Waals surface area contributed by atoms with Crippen molar-refractivity contribution in [2.75, 3.05) is 53.4 Å². The van der Waals surface area contributed by atoms with Gasteiger partial charge in [0.05, 0.1) is 6.54 Å². The summed E-state index contributed by atoms with van der Waals surface area (Å²) in [4.78, 5) is 16.1. The molecule has 1 unspecified atom stereocenters. The lowest BCUT2D eigenvalue weighted by atomic mass is 10.2. The number of nitrogens with zero attached hydrogens (tertiary/aromatic N) is 2. The highest BCUT2D eigenvalue weighted by Gasteiger charge is 2.21. The molecule has 0 aromatic carbocycles. The molecule has 5 heteroatoms. The fourth-order valence-electron chi connectivity index (χ4n) is 2.00. The zero-order valence-corrected chi connectivity index (χ0v) is 11.3. The molecule has 5 nitrogen and oxygen atoms in total. The van der Waals surface area contributed by atoms with Crippen molar-refractivity contribution in [3.05, 3.63) is 0 Å². The summed E-state index contributed by atoms with van der Waals surface area (Å²) in [6.45, 7) is 7.43. The van der Waals surface area contributed by atoms with Gasteiger partial charge in [-0.2, -0.15) is 0 Å². The first-order chi connectivity index (χ1) is 8.13. The quantitative estimate of drug-likeness (QED) is 0.650. The van der Waals surface area contributed by atoms with Gasteiger partial charge in [-0.1, -0.05) is 6.92 Å². The highest BCUT2D eigenvalue weighted by molar-refractivity contribution is 5.77. The van der Waals surface area contributed by atoms with Crippen LogP contribution >= 0.6 is 0 Å². The minimum Gasteiger partial charge on any atom is -0.355 e. The maximum Gasteiger partial charge on any atom is 0.233 e. The second-order valence-electron chi connectivity index (χ2n) is 4.88. The van der Waals surface area contributed by atoms with Crippen LogP contribution in [0.25, 0.3) is 0 Å². The Bertz CT molecular complexity index is 235. The molecular weight excluding hydrogens is 216 g/mol. The van der Waals surface area contributed by atoms with Gasteiger partial charge in [-0.25, -0.2) is 0 Å². The van der Waals surface area contributed by atoms with Crippen LogP contribution < -0.4 is 10.6 Å². The Labute approximate surface area is 105 Å². The fourth-order valence-corrected chi connectivity index (χ4v) is 2.00. The minimum atomic E-state index is 0.0960. The number of amides is 1. The number of carbonyl (C=O) groups is 1. The van der Waals surface area contributed by atoms with Gasteiger partial charge >= 0.3 is 0 Å². The second-order valence-corrected chi connectivity index (χ2v) is 4.88. The molecule has 17 heavy (non-hydrogen) atoms. The Morgan fingerprint density at radius 1 is 1.35 bits per heavy atom. The maximum absolute atomic E-state index is 11.4. The van der Waals surface area contributed by atoms with E-state index < -0.39 is 0 Å². The van der Waals surface area contributed by atoms with Crippen molar-refractivity contribution in [3.63, 3.8) is 0 Å². The fraction of sp³-hybridized carbons (Fsp3) is 0.917. The summed E-state index contributed by atoms with van der Waals surface area (Å²) >= 11 is 0. The summed E-state index contributed by atoms with van der Waals surface area (Å²) in [6, 6.07) is 0.507. The van der Waals surface area contributed by atoms with Gasteiger partial charge in [0.25, 0.3) is 0 Å². The first-order valence-electron chi connectivity index (χ1n) is 6.49. The van der Waals surface area contributed by atoms with Crippen LogP contribution in [-0.4, -0.2) is 75.1 Å². The van der Waals surface area contributed by atoms with Crippen LogP contribution in [-0.2, 0) is 4.79 Å². The number of nitrogens with one attached hydrogen (secondary N) is 2. The summed E-state index contributed by atoms with van der Waals surface area (Å²) in [5.41, 5.74) is 0. The SMILES string of the molecule is CCCNC(=O)CNCC1CN(C)CCN1C. The number of carbonyl (C=O) groups excluding carboxylic acids is 1. The van der Waals surface area contributed by atoms with Gasteiger partial charge < -0.3 is 15.5 Å². The Balaban J connectivity index is 2.14. The minimum absolute atomic E-state index is 0.0960. The standard InChI is InChI=1S/C12H26N4O/c1-4-5-14-12(17)9-13-8-11-10-15(2)6-7-16(11)3/h11,13H,4-10H2,1-3H3,(H,14,17). The molecule has 1 atom stereocenters. The van der Waals surface area contributed by atoms with Crippen LogP contribution in [0.4, 0.5) is 0 Å². The van der Waals surface area contributed by atoms with Gasteiger partial charge in [-0.05, 0) is 20.5 Å². The number of rotatable bonds is 6. The largest absolute Gasteiger partial charge is 0.355 e. The van der Waals surface area contributed by atoms with E-state index in [4.69, 9.17) is 0 Å². The van der Waals surface area contributed by atoms with Crippen molar-refractivity contribution in [3.8, 4) is 0 Å². The van der Waals surface area contributed by atoms with E-state index in [1.54, 1.807) is 0 Å². The molecule has 0 spiro atoms. The highest BCUT2D eigenvalue weighted by atomic mass is 16.1. The molecular formula is C12H26N4O. The van der Waals surface area contributed by atoms with Gasteiger partial charge in [-0.15, -0.1) is 0 Å². The van der Waals surface area contributed by atoms with E-state index in [2.05, 4.69) is 41.5 Å². The number of hydrogen-bond acceptors (Lipinski definition) is 4. The van der Waals surface area contributed by atoms with E-state index in [1.165, 1.54) is 0 Å². The molecule has 1 amide bonds. The molecule has 1 heterocycles. The number of likely N-dealkylation sites (N-methyl/N-ethyl adjacent to an activating group) is 2. The lowest BCUT2D eigenvalue weighted by molar-refractivity contribution is -0.120. The number of hydrogen-bond donors (Lipinski definition) is 2. The second kappa shape index (κ2) is 7.63. The lowest BCUT2D eigenvalue weighted by Crippen LogP contribution is -2.54. The third-order valence-electron chi connectivity index (χ3n) is 3.22. The van der Waals surface area contributed by atoms with Crippen molar-refractivity contribution in [1.82, 2.24) is 20.4 Å². The van der Waals surface area contributed by atoms with Crippen LogP contribution in [0.15, 0.2) is 0 Å². The van der Waals surface area contributed by atoms with E-state index in [1.807, 2.05) is 0 Å². The van der Waals surface area contributed by atoms with Gasteiger partial charge in [0.15, 0.2) is 0 Å². The Kier molecular flexibility index (Phi) is 6.47. The average molecular weight is 242 g/mol. The summed E-state index contributed by atoms with van der Waals surface area (Å²) < 4.78 is 0. The predicted molar refractivity (Wildman–Crippen MR) is 70.1 cm³/mol. The normalized spacial score (nSPS) is 22.6. The Morgan fingerprint density at radius 3 is 2.82 bits per heavy atom. The van der Waals surface area contributed by atoms with Gasteiger partial charge in [0.1, 0.15) is 0 Å². The first-order valence-corrected chi connectivity index (χ1v) is 6.49. The molecule has 0 aliphatic carbocycles.